The maximum absolute atomic E-state index is 11.1. The van der Waals surface area contributed by atoms with Crippen molar-refractivity contribution in [3.8, 4) is 5.75 Å². The SMILES string of the molecule is CCCOc1cc(N(C)C2CCCNC2)ccc1[N+](=O)[O-]. The maximum atomic E-state index is 11.1. The van der Waals surface area contributed by atoms with Gasteiger partial charge in [-0.15, -0.1) is 0 Å². The van der Waals surface area contributed by atoms with Crippen molar-refractivity contribution in [2.45, 2.75) is 32.2 Å². The summed E-state index contributed by atoms with van der Waals surface area (Å²) in [7, 11) is 2.03. The Hall–Kier alpha value is -1.82. The molecule has 1 aliphatic rings. The fourth-order valence-corrected chi connectivity index (χ4v) is 2.58. The van der Waals surface area contributed by atoms with Crippen molar-refractivity contribution in [3.05, 3.63) is 28.3 Å². The monoisotopic (exact) mass is 293 g/mol. The summed E-state index contributed by atoms with van der Waals surface area (Å²) >= 11 is 0. The van der Waals surface area contributed by atoms with E-state index in [-0.39, 0.29) is 5.69 Å². The van der Waals surface area contributed by atoms with Crippen LogP contribution in [0.15, 0.2) is 18.2 Å². The number of nitro benzene ring substituents is 1. The van der Waals surface area contributed by atoms with Gasteiger partial charge in [0, 0.05) is 37.5 Å². The van der Waals surface area contributed by atoms with Crippen molar-refractivity contribution in [3.63, 3.8) is 0 Å². The predicted molar refractivity (Wildman–Crippen MR) is 83.2 cm³/mol. The van der Waals surface area contributed by atoms with Crippen LogP contribution in [0.25, 0.3) is 0 Å². The lowest BCUT2D eigenvalue weighted by molar-refractivity contribution is -0.385. The van der Waals surface area contributed by atoms with Crippen molar-refractivity contribution in [1.82, 2.24) is 5.32 Å². The Morgan fingerprint density at radius 2 is 2.33 bits per heavy atom. The van der Waals surface area contributed by atoms with E-state index in [1.807, 2.05) is 14.0 Å². The number of nitrogens with one attached hydrogen (secondary N) is 1. The average molecular weight is 293 g/mol. The van der Waals surface area contributed by atoms with Gasteiger partial charge >= 0.3 is 5.69 Å². The number of hydrogen-bond acceptors (Lipinski definition) is 5. The van der Waals surface area contributed by atoms with Gasteiger partial charge in [-0.2, -0.15) is 0 Å². The largest absolute Gasteiger partial charge is 0.487 e. The average Bonchev–Trinajstić information content (AvgIpc) is 2.52. The van der Waals surface area contributed by atoms with Gasteiger partial charge in [-0.1, -0.05) is 6.92 Å². The van der Waals surface area contributed by atoms with Crippen molar-refractivity contribution in [2.24, 2.45) is 0 Å². The molecule has 6 nitrogen and oxygen atoms in total. The second kappa shape index (κ2) is 7.26. The minimum Gasteiger partial charge on any atom is -0.487 e. The third-order valence-corrected chi connectivity index (χ3v) is 3.83. The van der Waals surface area contributed by atoms with Crippen LogP contribution in [-0.2, 0) is 0 Å². The molecule has 0 bridgehead atoms. The van der Waals surface area contributed by atoms with Gasteiger partial charge in [0.05, 0.1) is 11.5 Å². The second-order valence-corrected chi connectivity index (χ2v) is 5.37. The summed E-state index contributed by atoms with van der Waals surface area (Å²) in [6.07, 6.45) is 3.11. The van der Waals surface area contributed by atoms with Gasteiger partial charge in [0.2, 0.25) is 0 Å². The van der Waals surface area contributed by atoms with E-state index in [2.05, 4.69) is 10.2 Å². The highest BCUT2D eigenvalue weighted by Gasteiger charge is 2.21. The molecule has 1 aliphatic heterocycles. The Bertz CT molecular complexity index is 487. The fraction of sp³-hybridized carbons (Fsp3) is 0.600. The second-order valence-electron chi connectivity index (χ2n) is 5.37. The van der Waals surface area contributed by atoms with Gasteiger partial charge in [-0.3, -0.25) is 10.1 Å². The molecule has 1 heterocycles. The first-order valence-corrected chi connectivity index (χ1v) is 7.48. The zero-order valence-corrected chi connectivity index (χ0v) is 12.7. The molecular formula is C15H23N3O3. The third-order valence-electron chi connectivity index (χ3n) is 3.83. The number of anilines is 1. The summed E-state index contributed by atoms with van der Waals surface area (Å²) in [5.74, 6) is 0.356. The van der Waals surface area contributed by atoms with Crippen LogP contribution >= 0.6 is 0 Å². The van der Waals surface area contributed by atoms with Crippen LogP contribution < -0.4 is 15.0 Å². The highest BCUT2D eigenvalue weighted by atomic mass is 16.6. The summed E-state index contributed by atoms with van der Waals surface area (Å²) < 4.78 is 5.54. The normalized spacial score (nSPS) is 18.3. The Kier molecular flexibility index (Phi) is 5.38. The lowest BCUT2D eigenvalue weighted by Gasteiger charge is -2.33. The Balaban J connectivity index is 2.20. The molecule has 1 unspecified atom stereocenters. The van der Waals surface area contributed by atoms with E-state index in [0.717, 1.165) is 38.0 Å². The molecule has 0 radical (unpaired) electrons. The first kappa shape index (κ1) is 15.6. The van der Waals surface area contributed by atoms with Gasteiger partial charge < -0.3 is 15.0 Å². The standard InChI is InChI=1S/C15H23N3O3/c1-3-9-21-15-10-12(6-7-14(15)18(19)20)17(2)13-5-4-8-16-11-13/h6-7,10,13,16H,3-5,8-9,11H2,1-2H3. The Morgan fingerprint density at radius 3 is 2.95 bits per heavy atom. The first-order chi connectivity index (χ1) is 10.1. The molecule has 6 heteroatoms. The molecule has 0 spiro atoms. The van der Waals surface area contributed by atoms with Gasteiger partial charge in [0.1, 0.15) is 0 Å². The quantitative estimate of drug-likeness (QED) is 0.645. The zero-order chi connectivity index (χ0) is 15.2. The summed E-state index contributed by atoms with van der Waals surface area (Å²) in [5.41, 5.74) is 0.989. The predicted octanol–water partition coefficient (Wildman–Crippen LogP) is 2.57. The van der Waals surface area contributed by atoms with Gasteiger partial charge in [0.25, 0.3) is 0 Å². The molecule has 2 rings (SSSR count). The molecule has 116 valence electrons. The number of likely N-dealkylation sites (N-methyl/N-ethyl adjacent to an activating group) is 1. The molecule has 1 aromatic carbocycles. The number of hydrogen-bond donors (Lipinski definition) is 1. The molecular weight excluding hydrogens is 270 g/mol. The van der Waals surface area contributed by atoms with E-state index >= 15 is 0 Å². The molecule has 0 saturated carbocycles. The van der Waals surface area contributed by atoms with Crippen molar-refractivity contribution >= 4 is 11.4 Å². The lowest BCUT2D eigenvalue weighted by Crippen LogP contribution is -2.44. The van der Waals surface area contributed by atoms with E-state index in [9.17, 15) is 10.1 Å². The summed E-state index contributed by atoms with van der Waals surface area (Å²) in [4.78, 5) is 12.9. The topological polar surface area (TPSA) is 67.6 Å². The van der Waals surface area contributed by atoms with Crippen LogP contribution in [-0.4, -0.2) is 37.7 Å². The highest BCUT2D eigenvalue weighted by Crippen LogP contribution is 2.32. The molecule has 1 fully saturated rings. The molecule has 1 N–H and O–H groups in total. The molecule has 21 heavy (non-hydrogen) atoms. The van der Waals surface area contributed by atoms with Gasteiger partial charge in [-0.25, -0.2) is 0 Å². The van der Waals surface area contributed by atoms with Crippen LogP contribution in [0.4, 0.5) is 11.4 Å². The van der Waals surface area contributed by atoms with E-state index in [4.69, 9.17) is 4.74 Å². The van der Waals surface area contributed by atoms with Gasteiger partial charge in [-0.05, 0) is 31.9 Å². The number of nitrogens with zero attached hydrogens (tertiary/aromatic N) is 2. The number of rotatable bonds is 6. The smallest absolute Gasteiger partial charge is 0.311 e. The molecule has 1 saturated heterocycles. The van der Waals surface area contributed by atoms with E-state index in [1.165, 1.54) is 6.07 Å². The minimum atomic E-state index is -0.392. The van der Waals surface area contributed by atoms with E-state index in [0.29, 0.717) is 18.4 Å². The van der Waals surface area contributed by atoms with Crippen LogP contribution in [0, 0.1) is 10.1 Å². The molecule has 1 aromatic rings. The van der Waals surface area contributed by atoms with Crippen LogP contribution in [0.1, 0.15) is 26.2 Å². The minimum absolute atomic E-state index is 0.0300. The number of nitro groups is 1. The van der Waals surface area contributed by atoms with E-state index < -0.39 is 4.92 Å². The zero-order valence-electron chi connectivity index (χ0n) is 12.7. The van der Waals surface area contributed by atoms with Crippen molar-refractivity contribution in [2.75, 3.05) is 31.6 Å². The lowest BCUT2D eigenvalue weighted by atomic mass is 10.1. The first-order valence-electron chi connectivity index (χ1n) is 7.48. The Labute approximate surface area is 125 Å². The van der Waals surface area contributed by atoms with E-state index in [1.54, 1.807) is 12.1 Å². The fourth-order valence-electron chi connectivity index (χ4n) is 2.58. The molecule has 0 amide bonds. The molecule has 0 aliphatic carbocycles. The number of piperidine rings is 1. The number of benzene rings is 1. The third kappa shape index (κ3) is 3.85. The highest BCUT2D eigenvalue weighted by molar-refractivity contribution is 5.59. The van der Waals surface area contributed by atoms with Crippen molar-refractivity contribution in [1.29, 1.82) is 0 Å². The summed E-state index contributed by atoms with van der Waals surface area (Å²) in [6.45, 7) is 4.47. The summed E-state index contributed by atoms with van der Waals surface area (Å²) in [6, 6.07) is 5.53. The van der Waals surface area contributed by atoms with Crippen LogP contribution in [0.2, 0.25) is 0 Å². The maximum Gasteiger partial charge on any atom is 0.311 e. The van der Waals surface area contributed by atoms with Crippen LogP contribution in [0.3, 0.4) is 0 Å². The Morgan fingerprint density at radius 1 is 1.52 bits per heavy atom. The number of ether oxygens (including phenoxy) is 1. The summed E-state index contributed by atoms with van der Waals surface area (Å²) in [5, 5.41) is 14.5. The molecule has 1 atom stereocenters. The van der Waals surface area contributed by atoms with Gasteiger partial charge in [0.15, 0.2) is 5.75 Å². The van der Waals surface area contributed by atoms with Crippen molar-refractivity contribution < 1.29 is 9.66 Å². The van der Waals surface area contributed by atoms with Crippen LogP contribution in [0.5, 0.6) is 5.75 Å². The molecule has 0 aromatic heterocycles.